The number of aromatic carboxylic acids is 1. The molecule has 0 atom stereocenters. The number of carbonyl (C=O) groups is 2. The maximum absolute atomic E-state index is 13.1. The highest BCUT2D eigenvalue weighted by atomic mass is 32.2. The number of hydrogen-bond acceptors (Lipinski definition) is 5. The molecule has 0 aromatic heterocycles. The van der Waals surface area contributed by atoms with Crippen molar-refractivity contribution in [1.82, 2.24) is 4.31 Å². The number of ketones is 1. The molecule has 150 valence electrons. The Morgan fingerprint density at radius 1 is 1.04 bits per heavy atom. The number of aromatic hydroxyl groups is 1. The maximum Gasteiger partial charge on any atom is 0.339 e. The van der Waals surface area contributed by atoms with Gasteiger partial charge in [0.15, 0.2) is 5.78 Å². The maximum atomic E-state index is 13.1. The summed E-state index contributed by atoms with van der Waals surface area (Å²) >= 11 is 0. The van der Waals surface area contributed by atoms with Crippen LogP contribution in [0.15, 0.2) is 47.4 Å². The first-order chi connectivity index (χ1) is 12.8. The largest absolute Gasteiger partial charge is 0.507 e. The molecule has 0 radical (unpaired) electrons. The van der Waals surface area contributed by atoms with Crippen LogP contribution >= 0.6 is 0 Å². The van der Waals surface area contributed by atoms with Crippen LogP contribution in [0.2, 0.25) is 0 Å². The van der Waals surface area contributed by atoms with Gasteiger partial charge in [-0.1, -0.05) is 17.7 Å². The summed E-state index contributed by atoms with van der Waals surface area (Å²) < 4.78 is 27.3. The third-order valence-corrected chi connectivity index (χ3v) is 6.32. The van der Waals surface area contributed by atoms with E-state index in [2.05, 4.69) is 0 Å². The van der Waals surface area contributed by atoms with Gasteiger partial charge >= 0.3 is 5.97 Å². The average Bonchev–Trinajstić information content (AvgIpc) is 2.58. The summed E-state index contributed by atoms with van der Waals surface area (Å²) in [4.78, 5) is 24.0. The second-order valence-corrected chi connectivity index (χ2v) is 9.32. The summed E-state index contributed by atoms with van der Waals surface area (Å²) in [7, 11) is -3.97. The van der Waals surface area contributed by atoms with Crippen molar-refractivity contribution >= 4 is 21.8 Å². The van der Waals surface area contributed by atoms with Gasteiger partial charge in [0.2, 0.25) is 10.0 Å². The van der Waals surface area contributed by atoms with Gasteiger partial charge in [-0.3, -0.25) is 4.79 Å². The van der Waals surface area contributed by atoms with E-state index in [1.165, 1.54) is 18.2 Å². The number of carboxylic acid groups (broad SMARTS) is 1. The lowest BCUT2D eigenvalue weighted by molar-refractivity contribution is 0.0693. The van der Waals surface area contributed by atoms with E-state index in [-0.39, 0.29) is 10.5 Å². The third kappa shape index (κ3) is 4.58. The Kier molecular flexibility index (Phi) is 5.96. The fourth-order valence-corrected chi connectivity index (χ4v) is 4.37. The van der Waals surface area contributed by atoms with Gasteiger partial charge in [-0.15, -0.1) is 0 Å². The van der Waals surface area contributed by atoms with Gasteiger partial charge in [-0.2, -0.15) is 4.31 Å². The predicted octanol–water partition coefficient (Wildman–Crippen LogP) is 3.07. The van der Waals surface area contributed by atoms with Crippen LogP contribution in [0.25, 0.3) is 0 Å². The molecule has 0 amide bonds. The van der Waals surface area contributed by atoms with Gasteiger partial charge in [0.1, 0.15) is 11.3 Å². The zero-order chi connectivity index (χ0) is 21.3. The minimum atomic E-state index is -3.97. The molecule has 8 heteroatoms. The fraction of sp³-hybridized carbons (Fsp3) is 0.300. The highest BCUT2D eigenvalue weighted by Gasteiger charge is 2.35. The zero-order valence-corrected chi connectivity index (χ0v) is 16.9. The number of carboxylic acids is 1. The Balaban J connectivity index is 2.43. The molecular weight excluding hydrogens is 382 g/mol. The molecule has 7 nitrogen and oxygen atoms in total. The molecule has 0 unspecified atom stereocenters. The summed E-state index contributed by atoms with van der Waals surface area (Å²) in [6.45, 7) is 6.39. The van der Waals surface area contributed by atoms with Gasteiger partial charge in [-0.25, -0.2) is 13.2 Å². The van der Waals surface area contributed by atoms with E-state index >= 15 is 0 Å². The number of benzene rings is 2. The molecular formula is C20H23NO6S. The van der Waals surface area contributed by atoms with Gasteiger partial charge < -0.3 is 10.2 Å². The molecule has 0 aliphatic carbocycles. The van der Waals surface area contributed by atoms with Crippen LogP contribution in [-0.4, -0.2) is 46.8 Å². The summed E-state index contributed by atoms with van der Waals surface area (Å²) in [5, 5.41) is 18.7. The first-order valence-corrected chi connectivity index (χ1v) is 9.97. The van der Waals surface area contributed by atoms with E-state index in [9.17, 15) is 23.1 Å². The van der Waals surface area contributed by atoms with Crippen LogP contribution in [0.1, 0.15) is 47.1 Å². The highest BCUT2D eigenvalue weighted by molar-refractivity contribution is 7.89. The van der Waals surface area contributed by atoms with Crippen LogP contribution < -0.4 is 0 Å². The average molecular weight is 405 g/mol. The summed E-state index contributed by atoms with van der Waals surface area (Å²) in [6, 6.07) is 9.73. The minimum absolute atomic E-state index is 0.00329. The van der Waals surface area contributed by atoms with E-state index in [0.29, 0.717) is 0 Å². The Bertz CT molecular complexity index is 1000. The number of aryl methyl sites for hydroxylation is 1. The summed E-state index contributed by atoms with van der Waals surface area (Å²) in [5.41, 5.74) is -0.410. The Hall–Kier alpha value is -2.71. The first kappa shape index (κ1) is 21.6. The second-order valence-electron chi connectivity index (χ2n) is 7.46. The molecule has 2 aromatic rings. The quantitative estimate of drug-likeness (QED) is 0.715. The molecule has 0 spiro atoms. The molecule has 2 N–H and O–H groups in total. The molecule has 0 bridgehead atoms. The predicted molar refractivity (Wildman–Crippen MR) is 104 cm³/mol. The SMILES string of the molecule is Cc1ccc(S(=O)(=O)N(CC(=O)c2ccc(O)c(C(=O)O)c2)C(C)(C)C)cc1. The number of rotatable bonds is 6. The van der Waals surface area contributed by atoms with Crippen molar-refractivity contribution in [3.63, 3.8) is 0 Å². The molecule has 0 saturated carbocycles. The lowest BCUT2D eigenvalue weighted by Crippen LogP contribution is -2.48. The van der Waals surface area contributed by atoms with Crippen LogP contribution in [0.4, 0.5) is 0 Å². The van der Waals surface area contributed by atoms with Gasteiger partial charge in [-0.05, 0) is 58.0 Å². The van der Waals surface area contributed by atoms with E-state index in [0.717, 1.165) is 22.0 Å². The number of phenols is 1. The van der Waals surface area contributed by atoms with Crippen LogP contribution in [0.3, 0.4) is 0 Å². The van der Waals surface area contributed by atoms with E-state index in [1.54, 1.807) is 32.9 Å². The Morgan fingerprint density at radius 3 is 2.11 bits per heavy atom. The Morgan fingerprint density at radius 2 is 1.61 bits per heavy atom. The van der Waals surface area contributed by atoms with Gasteiger partial charge in [0, 0.05) is 11.1 Å². The number of nitrogens with zero attached hydrogens (tertiary/aromatic N) is 1. The lowest BCUT2D eigenvalue weighted by Gasteiger charge is -2.34. The number of sulfonamides is 1. The summed E-state index contributed by atoms with van der Waals surface area (Å²) in [5.74, 6) is -2.43. The number of carbonyl (C=O) groups excluding carboxylic acids is 1. The van der Waals surface area contributed by atoms with Crippen LogP contribution in [0, 0.1) is 6.92 Å². The van der Waals surface area contributed by atoms with E-state index < -0.39 is 45.2 Å². The number of hydrogen-bond donors (Lipinski definition) is 2. The molecule has 0 saturated heterocycles. The Labute approximate surface area is 164 Å². The third-order valence-electron chi connectivity index (χ3n) is 4.19. The highest BCUT2D eigenvalue weighted by Crippen LogP contribution is 2.26. The molecule has 0 heterocycles. The smallest absolute Gasteiger partial charge is 0.339 e. The normalized spacial score (nSPS) is 12.2. The standard InChI is InChI=1S/C20H23NO6S/c1-13-5-8-15(9-6-13)28(26,27)21(20(2,3)4)12-18(23)14-7-10-17(22)16(11-14)19(24)25/h5-11,22H,12H2,1-4H3,(H,24,25). The minimum Gasteiger partial charge on any atom is -0.507 e. The van der Waals surface area contributed by atoms with Crippen molar-refractivity contribution in [2.45, 2.75) is 38.1 Å². The molecule has 0 aliphatic heterocycles. The molecule has 2 rings (SSSR count). The van der Waals surface area contributed by atoms with Crippen LogP contribution in [-0.2, 0) is 10.0 Å². The lowest BCUT2D eigenvalue weighted by atomic mass is 10.0. The van der Waals surface area contributed by atoms with E-state index in [4.69, 9.17) is 5.11 Å². The van der Waals surface area contributed by atoms with Crippen molar-refractivity contribution in [3.05, 3.63) is 59.2 Å². The van der Waals surface area contributed by atoms with Crippen molar-refractivity contribution in [2.75, 3.05) is 6.54 Å². The number of Topliss-reactive ketones (excluding diaryl/α,β-unsaturated/α-hetero) is 1. The molecule has 2 aromatic carbocycles. The fourth-order valence-electron chi connectivity index (χ4n) is 2.62. The molecule has 0 fully saturated rings. The van der Waals surface area contributed by atoms with Gasteiger partial charge in [0.05, 0.1) is 11.4 Å². The second kappa shape index (κ2) is 7.73. The van der Waals surface area contributed by atoms with Crippen molar-refractivity contribution in [1.29, 1.82) is 0 Å². The topological polar surface area (TPSA) is 112 Å². The first-order valence-electron chi connectivity index (χ1n) is 8.53. The van der Waals surface area contributed by atoms with Gasteiger partial charge in [0.25, 0.3) is 0 Å². The monoisotopic (exact) mass is 405 g/mol. The van der Waals surface area contributed by atoms with Crippen LogP contribution in [0.5, 0.6) is 5.75 Å². The summed E-state index contributed by atoms with van der Waals surface area (Å²) in [6.07, 6.45) is 0. The van der Waals surface area contributed by atoms with Crippen molar-refractivity contribution in [3.8, 4) is 5.75 Å². The zero-order valence-electron chi connectivity index (χ0n) is 16.1. The van der Waals surface area contributed by atoms with Crippen molar-refractivity contribution < 1.29 is 28.2 Å². The van der Waals surface area contributed by atoms with E-state index in [1.807, 2.05) is 6.92 Å². The molecule has 0 aliphatic rings. The van der Waals surface area contributed by atoms with Crippen molar-refractivity contribution in [2.24, 2.45) is 0 Å². The molecule has 28 heavy (non-hydrogen) atoms.